The van der Waals surface area contributed by atoms with Gasteiger partial charge in [0.05, 0.1) is 6.04 Å². The summed E-state index contributed by atoms with van der Waals surface area (Å²) in [4.78, 5) is 22.2. The van der Waals surface area contributed by atoms with E-state index in [1.54, 1.807) is 12.2 Å². The molecule has 0 aromatic carbocycles. The lowest BCUT2D eigenvalue weighted by molar-refractivity contribution is -0.147. The van der Waals surface area contributed by atoms with E-state index in [-0.39, 0.29) is 0 Å². The Hall–Kier alpha value is -0.450. The van der Waals surface area contributed by atoms with Crippen LogP contribution in [0.25, 0.3) is 0 Å². The SMILES string of the molecule is CC(=O)O[C@@H]1CC=C[C@@H]1NC(=O)C(Cl)(Cl)Cl. The second-order valence-electron chi connectivity index (χ2n) is 3.31. The summed E-state index contributed by atoms with van der Waals surface area (Å²) in [6.45, 7) is 1.30. The van der Waals surface area contributed by atoms with Crippen LogP contribution in [0.4, 0.5) is 0 Å². The number of rotatable bonds is 2. The monoisotopic (exact) mass is 285 g/mol. The van der Waals surface area contributed by atoms with Crippen molar-refractivity contribution in [1.82, 2.24) is 5.32 Å². The molecule has 7 heteroatoms. The number of alkyl halides is 3. The van der Waals surface area contributed by atoms with Crippen molar-refractivity contribution in [1.29, 1.82) is 0 Å². The van der Waals surface area contributed by atoms with E-state index in [4.69, 9.17) is 39.5 Å². The Bertz CT molecular complexity index is 324. The van der Waals surface area contributed by atoms with Crippen LogP contribution in [0.2, 0.25) is 0 Å². The second-order valence-corrected chi connectivity index (χ2v) is 5.59. The van der Waals surface area contributed by atoms with Gasteiger partial charge in [-0.1, -0.05) is 47.0 Å². The highest BCUT2D eigenvalue weighted by Crippen LogP contribution is 2.27. The molecule has 0 fully saturated rings. The Morgan fingerprint density at radius 2 is 2.06 bits per heavy atom. The highest BCUT2D eigenvalue weighted by Gasteiger charge is 2.35. The van der Waals surface area contributed by atoms with Gasteiger partial charge in [0.25, 0.3) is 9.70 Å². The molecule has 0 spiro atoms. The molecule has 0 saturated carbocycles. The predicted octanol–water partition coefficient (Wildman–Crippen LogP) is 1.73. The quantitative estimate of drug-likeness (QED) is 0.478. The highest BCUT2D eigenvalue weighted by atomic mass is 35.6. The number of nitrogens with one attached hydrogen (secondary N) is 1. The minimum Gasteiger partial charge on any atom is -0.460 e. The highest BCUT2D eigenvalue weighted by molar-refractivity contribution is 6.76. The van der Waals surface area contributed by atoms with E-state index in [1.807, 2.05) is 0 Å². The summed E-state index contributed by atoms with van der Waals surface area (Å²) in [5.74, 6) is -1.16. The van der Waals surface area contributed by atoms with E-state index >= 15 is 0 Å². The van der Waals surface area contributed by atoms with Gasteiger partial charge in [-0.2, -0.15) is 0 Å². The maximum atomic E-state index is 11.4. The number of halogens is 3. The Balaban J connectivity index is 2.56. The molecule has 0 heterocycles. The van der Waals surface area contributed by atoms with Crippen LogP contribution in [0.1, 0.15) is 13.3 Å². The minimum atomic E-state index is -2.02. The van der Waals surface area contributed by atoms with E-state index in [9.17, 15) is 9.59 Å². The molecule has 1 aliphatic carbocycles. The fourth-order valence-electron chi connectivity index (χ4n) is 1.34. The third-order valence-electron chi connectivity index (χ3n) is 1.98. The fourth-order valence-corrected chi connectivity index (χ4v) is 1.50. The van der Waals surface area contributed by atoms with Gasteiger partial charge in [0.1, 0.15) is 6.10 Å². The zero-order valence-electron chi connectivity index (χ0n) is 8.38. The van der Waals surface area contributed by atoms with Gasteiger partial charge in [-0.15, -0.1) is 0 Å². The van der Waals surface area contributed by atoms with Gasteiger partial charge in [0, 0.05) is 13.3 Å². The summed E-state index contributed by atoms with van der Waals surface area (Å²) in [6.07, 6.45) is 3.58. The Kier molecular flexibility index (Phi) is 4.47. The van der Waals surface area contributed by atoms with Gasteiger partial charge in [0.2, 0.25) is 0 Å². The first kappa shape index (κ1) is 13.6. The van der Waals surface area contributed by atoms with Crippen molar-refractivity contribution < 1.29 is 14.3 Å². The van der Waals surface area contributed by atoms with E-state index in [0.29, 0.717) is 6.42 Å². The molecule has 16 heavy (non-hydrogen) atoms. The average Bonchev–Trinajstić information content (AvgIpc) is 2.50. The standard InChI is InChI=1S/C9H10Cl3NO3/c1-5(14)16-7-4-2-3-6(7)13-8(15)9(10,11)12/h2-3,6-7H,4H2,1H3,(H,13,15)/t6-,7+/m0/s1. The third kappa shape index (κ3) is 3.85. The molecule has 90 valence electrons. The second kappa shape index (κ2) is 5.25. The minimum absolute atomic E-state index is 0.415. The first-order valence-corrected chi connectivity index (χ1v) is 5.65. The molecular formula is C9H10Cl3NO3. The van der Waals surface area contributed by atoms with Crippen molar-refractivity contribution in [3.05, 3.63) is 12.2 Å². The summed E-state index contributed by atoms with van der Waals surface area (Å²) in [6, 6.07) is -0.452. The molecule has 1 rings (SSSR count). The zero-order chi connectivity index (χ0) is 12.3. The van der Waals surface area contributed by atoms with Gasteiger partial charge in [-0.25, -0.2) is 0 Å². The van der Waals surface area contributed by atoms with E-state index in [2.05, 4.69) is 5.32 Å². The number of hydrogen-bond acceptors (Lipinski definition) is 3. The number of esters is 1. The van der Waals surface area contributed by atoms with Crippen LogP contribution in [-0.2, 0) is 14.3 Å². The van der Waals surface area contributed by atoms with Gasteiger partial charge in [-0.3, -0.25) is 9.59 Å². The van der Waals surface area contributed by atoms with Gasteiger partial charge >= 0.3 is 5.97 Å². The summed E-state index contributed by atoms with van der Waals surface area (Å²) in [5.41, 5.74) is 0. The number of carbonyl (C=O) groups excluding carboxylic acids is 2. The average molecular weight is 287 g/mol. The fraction of sp³-hybridized carbons (Fsp3) is 0.556. The lowest BCUT2D eigenvalue weighted by Gasteiger charge is -2.22. The number of carbonyl (C=O) groups is 2. The van der Waals surface area contributed by atoms with Crippen molar-refractivity contribution in [2.24, 2.45) is 0 Å². The molecule has 0 aromatic heterocycles. The molecule has 0 saturated heterocycles. The topological polar surface area (TPSA) is 55.4 Å². The van der Waals surface area contributed by atoms with Gasteiger partial charge in [-0.05, 0) is 0 Å². The van der Waals surface area contributed by atoms with Crippen molar-refractivity contribution in [2.75, 3.05) is 0 Å². The Morgan fingerprint density at radius 1 is 1.44 bits per heavy atom. The summed E-state index contributed by atoms with van der Waals surface area (Å²) in [7, 11) is 0. The van der Waals surface area contributed by atoms with Gasteiger partial charge in [0.15, 0.2) is 0 Å². The molecule has 0 bridgehead atoms. The molecule has 4 nitrogen and oxygen atoms in total. The van der Waals surface area contributed by atoms with Crippen LogP contribution >= 0.6 is 34.8 Å². The van der Waals surface area contributed by atoms with Crippen LogP contribution < -0.4 is 5.32 Å². The summed E-state index contributed by atoms with van der Waals surface area (Å²) in [5, 5.41) is 2.48. The first-order valence-electron chi connectivity index (χ1n) is 4.52. The van der Waals surface area contributed by atoms with E-state index < -0.39 is 27.8 Å². The lowest BCUT2D eigenvalue weighted by Crippen LogP contribution is -2.46. The Morgan fingerprint density at radius 3 is 2.56 bits per heavy atom. The van der Waals surface area contributed by atoms with E-state index in [1.165, 1.54) is 6.92 Å². The normalized spacial score (nSPS) is 24.2. The van der Waals surface area contributed by atoms with Crippen LogP contribution in [0.15, 0.2) is 12.2 Å². The summed E-state index contributed by atoms with van der Waals surface area (Å²) >= 11 is 16.2. The molecule has 1 aliphatic rings. The molecular weight excluding hydrogens is 276 g/mol. The number of amides is 1. The number of hydrogen-bond donors (Lipinski definition) is 1. The molecule has 0 radical (unpaired) electrons. The molecule has 0 unspecified atom stereocenters. The first-order chi connectivity index (χ1) is 7.30. The molecule has 1 N–H and O–H groups in total. The van der Waals surface area contributed by atoms with E-state index in [0.717, 1.165) is 0 Å². The van der Waals surface area contributed by atoms with Crippen LogP contribution in [0.5, 0.6) is 0 Å². The molecule has 0 aromatic rings. The molecule has 0 aliphatic heterocycles. The molecule has 1 amide bonds. The Labute approximate surface area is 108 Å². The van der Waals surface area contributed by atoms with Crippen LogP contribution in [-0.4, -0.2) is 27.8 Å². The van der Waals surface area contributed by atoms with Crippen molar-refractivity contribution in [3.63, 3.8) is 0 Å². The predicted molar refractivity (Wildman–Crippen MR) is 61.5 cm³/mol. The largest absolute Gasteiger partial charge is 0.460 e. The smallest absolute Gasteiger partial charge is 0.302 e. The summed E-state index contributed by atoms with van der Waals surface area (Å²) < 4.78 is 2.98. The zero-order valence-corrected chi connectivity index (χ0v) is 10.6. The van der Waals surface area contributed by atoms with Crippen molar-refractivity contribution in [2.45, 2.75) is 29.3 Å². The van der Waals surface area contributed by atoms with Crippen molar-refractivity contribution in [3.8, 4) is 0 Å². The van der Waals surface area contributed by atoms with Crippen LogP contribution in [0, 0.1) is 0 Å². The van der Waals surface area contributed by atoms with Gasteiger partial charge < -0.3 is 10.1 Å². The number of ether oxygens (including phenoxy) is 1. The third-order valence-corrected chi connectivity index (χ3v) is 2.50. The van der Waals surface area contributed by atoms with Crippen LogP contribution in [0.3, 0.4) is 0 Å². The maximum Gasteiger partial charge on any atom is 0.302 e. The lowest BCUT2D eigenvalue weighted by atomic mass is 10.2. The maximum absolute atomic E-state index is 11.4. The van der Waals surface area contributed by atoms with Crippen molar-refractivity contribution >= 4 is 46.7 Å². The molecule has 2 atom stereocenters.